The number of nitrogens with zero attached hydrogens (tertiary/aromatic N) is 2. The summed E-state index contributed by atoms with van der Waals surface area (Å²) in [5.41, 5.74) is 2.07. The van der Waals surface area contributed by atoms with Crippen LogP contribution in [0.15, 0.2) is 83.8 Å². The van der Waals surface area contributed by atoms with Gasteiger partial charge >= 0.3 is 0 Å². The van der Waals surface area contributed by atoms with Crippen molar-refractivity contribution >= 4 is 39.1 Å². The molecule has 2 amide bonds. The SMILES string of the molecule is Cc1ccc(N(CC(=O)N(Cc2ccc(Cl)cc2)[C@H](C)C(=O)NC(C)C)S(=O)(=O)c2ccccc2)cc1. The van der Waals surface area contributed by atoms with Gasteiger partial charge in [0.05, 0.1) is 10.6 Å². The maximum atomic E-state index is 13.8. The molecule has 0 radical (unpaired) electrons. The van der Waals surface area contributed by atoms with Crippen LogP contribution in [0.2, 0.25) is 5.02 Å². The van der Waals surface area contributed by atoms with Gasteiger partial charge in [-0.2, -0.15) is 0 Å². The van der Waals surface area contributed by atoms with Crippen molar-refractivity contribution in [3.05, 3.63) is 95.0 Å². The minimum Gasteiger partial charge on any atom is -0.352 e. The molecule has 0 fully saturated rings. The lowest BCUT2D eigenvalue weighted by atomic mass is 10.1. The van der Waals surface area contributed by atoms with Crippen LogP contribution in [-0.2, 0) is 26.2 Å². The molecular formula is C28H32ClN3O4S. The van der Waals surface area contributed by atoms with Crippen LogP contribution in [0, 0.1) is 6.92 Å². The maximum absolute atomic E-state index is 13.8. The van der Waals surface area contributed by atoms with E-state index in [-0.39, 0.29) is 23.4 Å². The van der Waals surface area contributed by atoms with Crippen LogP contribution in [-0.4, -0.2) is 43.8 Å². The Labute approximate surface area is 224 Å². The predicted molar refractivity (Wildman–Crippen MR) is 147 cm³/mol. The van der Waals surface area contributed by atoms with Gasteiger partial charge in [-0.1, -0.05) is 59.6 Å². The van der Waals surface area contributed by atoms with Gasteiger partial charge in [-0.25, -0.2) is 8.42 Å². The van der Waals surface area contributed by atoms with E-state index in [9.17, 15) is 18.0 Å². The largest absolute Gasteiger partial charge is 0.352 e. The standard InChI is InChI=1S/C28H32ClN3O4S/c1-20(2)30-28(34)22(4)31(18-23-12-14-24(29)15-13-23)27(33)19-32(25-16-10-21(3)11-17-25)37(35,36)26-8-6-5-7-9-26/h5-17,20,22H,18-19H2,1-4H3,(H,30,34)/t22-/m1/s1. The van der Waals surface area contributed by atoms with Crippen molar-refractivity contribution in [2.45, 2.75) is 51.2 Å². The Morgan fingerprint density at radius 2 is 1.49 bits per heavy atom. The third-order valence-electron chi connectivity index (χ3n) is 5.80. The first-order chi connectivity index (χ1) is 17.5. The lowest BCUT2D eigenvalue weighted by Gasteiger charge is -2.32. The van der Waals surface area contributed by atoms with Gasteiger partial charge in [-0.05, 0) is 69.7 Å². The summed E-state index contributed by atoms with van der Waals surface area (Å²) in [6.07, 6.45) is 0. The average Bonchev–Trinajstić information content (AvgIpc) is 2.87. The fraction of sp³-hybridized carbons (Fsp3) is 0.286. The lowest BCUT2D eigenvalue weighted by Crippen LogP contribution is -2.52. The highest BCUT2D eigenvalue weighted by Gasteiger charge is 2.32. The molecular weight excluding hydrogens is 510 g/mol. The second kappa shape index (κ2) is 12.3. The highest BCUT2D eigenvalue weighted by Crippen LogP contribution is 2.25. The molecule has 0 saturated heterocycles. The molecule has 1 atom stereocenters. The number of carbonyl (C=O) groups excluding carboxylic acids is 2. The third kappa shape index (κ3) is 7.33. The highest BCUT2D eigenvalue weighted by atomic mass is 35.5. The number of sulfonamides is 1. The van der Waals surface area contributed by atoms with Gasteiger partial charge in [0.1, 0.15) is 12.6 Å². The molecule has 0 unspecified atom stereocenters. The van der Waals surface area contributed by atoms with E-state index >= 15 is 0 Å². The molecule has 0 saturated carbocycles. The van der Waals surface area contributed by atoms with Crippen molar-refractivity contribution in [1.29, 1.82) is 0 Å². The van der Waals surface area contributed by atoms with E-state index < -0.39 is 28.5 Å². The molecule has 3 rings (SSSR count). The van der Waals surface area contributed by atoms with Gasteiger partial charge in [-0.15, -0.1) is 0 Å². The summed E-state index contributed by atoms with van der Waals surface area (Å²) in [4.78, 5) is 28.1. The van der Waals surface area contributed by atoms with Crippen LogP contribution in [0.5, 0.6) is 0 Å². The summed E-state index contributed by atoms with van der Waals surface area (Å²) in [6, 6.07) is 20.9. The number of nitrogens with one attached hydrogen (secondary N) is 1. The smallest absolute Gasteiger partial charge is 0.264 e. The first-order valence-electron chi connectivity index (χ1n) is 12.0. The molecule has 0 aliphatic carbocycles. The summed E-state index contributed by atoms with van der Waals surface area (Å²) in [5, 5.41) is 3.38. The van der Waals surface area contributed by atoms with Crippen LogP contribution in [0.4, 0.5) is 5.69 Å². The Balaban J connectivity index is 2.00. The number of halogens is 1. The maximum Gasteiger partial charge on any atom is 0.264 e. The first kappa shape index (κ1) is 28.2. The van der Waals surface area contributed by atoms with Crippen molar-refractivity contribution in [3.63, 3.8) is 0 Å². The molecule has 196 valence electrons. The summed E-state index contributed by atoms with van der Waals surface area (Å²) in [6.45, 7) is 6.83. The number of amides is 2. The Morgan fingerprint density at radius 3 is 2.05 bits per heavy atom. The summed E-state index contributed by atoms with van der Waals surface area (Å²) in [5.74, 6) is -0.841. The molecule has 3 aromatic carbocycles. The van der Waals surface area contributed by atoms with E-state index in [1.165, 1.54) is 17.0 Å². The fourth-order valence-electron chi connectivity index (χ4n) is 3.73. The van der Waals surface area contributed by atoms with Gasteiger partial charge in [0.15, 0.2) is 0 Å². The molecule has 1 N–H and O–H groups in total. The van der Waals surface area contributed by atoms with Crippen LogP contribution in [0.25, 0.3) is 0 Å². The van der Waals surface area contributed by atoms with Crippen molar-refractivity contribution < 1.29 is 18.0 Å². The Kier molecular flexibility index (Phi) is 9.34. The Hall–Kier alpha value is -3.36. The van der Waals surface area contributed by atoms with Crippen LogP contribution < -0.4 is 9.62 Å². The highest BCUT2D eigenvalue weighted by molar-refractivity contribution is 7.92. The Morgan fingerprint density at radius 1 is 0.892 bits per heavy atom. The average molecular weight is 542 g/mol. The van der Waals surface area contributed by atoms with E-state index in [1.54, 1.807) is 73.7 Å². The zero-order valence-corrected chi connectivity index (χ0v) is 23.0. The van der Waals surface area contributed by atoms with E-state index in [2.05, 4.69) is 5.32 Å². The van der Waals surface area contributed by atoms with E-state index in [1.807, 2.05) is 20.8 Å². The topological polar surface area (TPSA) is 86.8 Å². The number of rotatable bonds is 10. The second-order valence-corrected chi connectivity index (χ2v) is 11.4. The molecule has 0 aromatic heterocycles. The lowest BCUT2D eigenvalue weighted by molar-refractivity contribution is -0.139. The monoisotopic (exact) mass is 541 g/mol. The van der Waals surface area contributed by atoms with E-state index in [0.717, 1.165) is 15.4 Å². The van der Waals surface area contributed by atoms with Crippen molar-refractivity contribution in [3.8, 4) is 0 Å². The normalized spacial score (nSPS) is 12.2. The molecule has 37 heavy (non-hydrogen) atoms. The Bertz CT molecular complexity index is 1310. The quantitative estimate of drug-likeness (QED) is 0.400. The van der Waals surface area contributed by atoms with Crippen LogP contribution in [0.3, 0.4) is 0 Å². The third-order valence-corrected chi connectivity index (χ3v) is 7.84. The fourth-order valence-corrected chi connectivity index (χ4v) is 5.29. The molecule has 0 aliphatic rings. The number of hydrogen-bond donors (Lipinski definition) is 1. The molecule has 0 spiro atoms. The minimum atomic E-state index is -4.07. The zero-order valence-electron chi connectivity index (χ0n) is 21.4. The van der Waals surface area contributed by atoms with Crippen LogP contribution >= 0.6 is 11.6 Å². The molecule has 0 bridgehead atoms. The van der Waals surface area contributed by atoms with Crippen molar-refractivity contribution in [1.82, 2.24) is 10.2 Å². The summed E-state index contributed by atoms with van der Waals surface area (Å²) < 4.78 is 28.5. The van der Waals surface area contributed by atoms with Gasteiger partial charge in [0.2, 0.25) is 11.8 Å². The first-order valence-corrected chi connectivity index (χ1v) is 13.8. The van der Waals surface area contributed by atoms with Gasteiger partial charge in [0, 0.05) is 17.6 Å². The summed E-state index contributed by atoms with van der Waals surface area (Å²) >= 11 is 6.02. The zero-order chi connectivity index (χ0) is 27.2. The number of aryl methyl sites for hydroxylation is 1. The van der Waals surface area contributed by atoms with Gasteiger partial charge < -0.3 is 10.2 Å². The molecule has 0 aliphatic heterocycles. The van der Waals surface area contributed by atoms with Crippen molar-refractivity contribution in [2.75, 3.05) is 10.8 Å². The number of anilines is 1. The number of hydrogen-bond acceptors (Lipinski definition) is 4. The molecule has 0 heterocycles. The second-order valence-electron chi connectivity index (χ2n) is 9.15. The molecule has 3 aromatic rings. The molecule has 9 heteroatoms. The van der Waals surface area contributed by atoms with E-state index in [4.69, 9.17) is 11.6 Å². The van der Waals surface area contributed by atoms with Crippen molar-refractivity contribution in [2.24, 2.45) is 0 Å². The van der Waals surface area contributed by atoms with Crippen LogP contribution in [0.1, 0.15) is 31.9 Å². The van der Waals surface area contributed by atoms with E-state index in [0.29, 0.717) is 10.7 Å². The van der Waals surface area contributed by atoms with Gasteiger partial charge in [-0.3, -0.25) is 13.9 Å². The minimum absolute atomic E-state index is 0.0678. The van der Waals surface area contributed by atoms with Gasteiger partial charge in [0.25, 0.3) is 10.0 Å². The number of benzene rings is 3. The predicted octanol–water partition coefficient (Wildman–Crippen LogP) is 4.79. The summed E-state index contributed by atoms with van der Waals surface area (Å²) in [7, 11) is -4.07. The molecule has 7 nitrogen and oxygen atoms in total. The number of carbonyl (C=O) groups is 2.